The number of carbonyl (C=O) groups excluding carboxylic acids is 4. The zero-order valence-corrected chi connectivity index (χ0v) is 11.0. The Kier molecular flexibility index (Phi) is 6.73. The predicted octanol–water partition coefficient (Wildman–Crippen LogP) is 0.0182. The van der Waals surface area contributed by atoms with Gasteiger partial charge in [0.2, 0.25) is 11.6 Å². The van der Waals surface area contributed by atoms with E-state index in [0.29, 0.717) is 5.56 Å². The average Bonchev–Trinajstić information content (AvgIpc) is 2.38. The first-order valence-electron chi connectivity index (χ1n) is 5.38. The molecule has 0 radical (unpaired) electrons. The maximum absolute atomic E-state index is 10.9. The Morgan fingerprint density at radius 2 is 1.47 bits per heavy atom. The van der Waals surface area contributed by atoms with Crippen molar-refractivity contribution in [1.82, 2.24) is 4.90 Å². The number of carbonyl (C=O) groups is 4. The molecule has 0 spiro atoms. The van der Waals surface area contributed by atoms with Crippen LogP contribution in [0.4, 0.5) is 0 Å². The van der Waals surface area contributed by atoms with Crippen LogP contribution in [0.25, 0.3) is 0 Å². The largest absolute Gasteiger partial charge is 0.363 e. The van der Waals surface area contributed by atoms with Crippen LogP contribution < -0.4 is 5.73 Å². The van der Waals surface area contributed by atoms with E-state index in [4.69, 9.17) is 5.73 Å². The summed E-state index contributed by atoms with van der Waals surface area (Å²) < 4.78 is 0. The normalized spacial score (nSPS) is 8.79. The van der Waals surface area contributed by atoms with Gasteiger partial charge in [0.15, 0.2) is 0 Å². The Morgan fingerprint density at radius 1 is 1.00 bits per heavy atom. The number of hydrogen-bond acceptors (Lipinski definition) is 4. The Bertz CT molecular complexity index is 481. The SMILES string of the molecule is CC(=O)C(=O)N(C)C.NC(=O)C(=O)c1ccccc1. The van der Waals surface area contributed by atoms with Crippen LogP contribution in [0.15, 0.2) is 30.3 Å². The molecule has 1 rings (SSSR count). The molecule has 0 unspecified atom stereocenters. The second-order valence-electron chi connectivity index (χ2n) is 3.82. The quantitative estimate of drug-likeness (QED) is 0.614. The van der Waals surface area contributed by atoms with Gasteiger partial charge < -0.3 is 10.6 Å². The van der Waals surface area contributed by atoms with Gasteiger partial charge in [-0.15, -0.1) is 0 Å². The summed E-state index contributed by atoms with van der Waals surface area (Å²) in [7, 11) is 3.09. The fourth-order valence-corrected chi connectivity index (χ4v) is 1.05. The van der Waals surface area contributed by atoms with E-state index in [2.05, 4.69) is 0 Å². The summed E-state index contributed by atoms with van der Waals surface area (Å²) in [6.45, 7) is 1.25. The van der Waals surface area contributed by atoms with Crippen LogP contribution in [0.3, 0.4) is 0 Å². The van der Waals surface area contributed by atoms with Crippen molar-refractivity contribution < 1.29 is 19.2 Å². The third-order valence-corrected chi connectivity index (χ3v) is 1.97. The molecule has 0 aliphatic carbocycles. The van der Waals surface area contributed by atoms with Crippen molar-refractivity contribution in [1.29, 1.82) is 0 Å². The van der Waals surface area contributed by atoms with Crippen LogP contribution >= 0.6 is 0 Å². The molecule has 6 nitrogen and oxygen atoms in total. The number of hydrogen-bond donors (Lipinski definition) is 1. The third-order valence-electron chi connectivity index (χ3n) is 1.97. The molecule has 1 aromatic carbocycles. The lowest BCUT2D eigenvalue weighted by atomic mass is 10.1. The molecule has 0 bridgehead atoms. The number of amides is 2. The van der Waals surface area contributed by atoms with Gasteiger partial charge in [-0.3, -0.25) is 19.2 Å². The number of primary amides is 1. The van der Waals surface area contributed by atoms with Crippen LogP contribution in [-0.4, -0.2) is 42.4 Å². The molecule has 0 saturated carbocycles. The zero-order valence-electron chi connectivity index (χ0n) is 11.0. The van der Waals surface area contributed by atoms with Crippen molar-refractivity contribution in [3.05, 3.63) is 35.9 Å². The number of likely N-dealkylation sites (N-methyl/N-ethyl adjacent to an activating group) is 1. The van der Waals surface area contributed by atoms with Crippen molar-refractivity contribution in [2.24, 2.45) is 5.73 Å². The van der Waals surface area contributed by atoms with Crippen LogP contribution in [0.5, 0.6) is 0 Å². The van der Waals surface area contributed by atoms with E-state index >= 15 is 0 Å². The molecular formula is C13H16N2O4. The van der Waals surface area contributed by atoms with Gasteiger partial charge in [-0.2, -0.15) is 0 Å². The van der Waals surface area contributed by atoms with Gasteiger partial charge in [-0.1, -0.05) is 30.3 Å². The van der Waals surface area contributed by atoms with Crippen molar-refractivity contribution in [2.45, 2.75) is 6.92 Å². The van der Waals surface area contributed by atoms with Crippen LogP contribution in [0.1, 0.15) is 17.3 Å². The summed E-state index contributed by atoms with van der Waals surface area (Å²) in [5, 5.41) is 0. The Labute approximate surface area is 111 Å². The lowest BCUT2D eigenvalue weighted by molar-refractivity contribution is -0.141. The maximum atomic E-state index is 10.9. The molecule has 19 heavy (non-hydrogen) atoms. The Balaban J connectivity index is 0.000000362. The minimum Gasteiger partial charge on any atom is -0.363 e. The van der Waals surface area contributed by atoms with Crippen molar-refractivity contribution in [2.75, 3.05) is 14.1 Å². The number of nitrogens with zero attached hydrogens (tertiary/aromatic N) is 1. The van der Waals surface area contributed by atoms with Gasteiger partial charge in [-0.25, -0.2) is 0 Å². The summed E-state index contributed by atoms with van der Waals surface area (Å²) in [6, 6.07) is 8.21. The average molecular weight is 264 g/mol. The summed E-state index contributed by atoms with van der Waals surface area (Å²) in [6.07, 6.45) is 0. The van der Waals surface area contributed by atoms with E-state index in [1.54, 1.807) is 44.4 Å². The minimum atomic E-state index is -0.920. The lowest BCUT2D eigenvalue weighted by Crippen LogP contribution is -2.27. The van der Waals surface area contributed by atoms with Gasteiger partial charge in [0.05, 0.1) is 0 Å². The molecule has 0 saturated heterocycles. The molecule has 102 valence electrons. The monoisotopic (exact) mass is 264 g/mol. The number of rotatable bonds is 3. The molecule has 0 heterocycles. The summed E-state index contributed by atoms with van der Waals surface area (Å²) in [5.41, 5.74) is 5.11. The van der Waals surface area contributed by atoms with Crippen LogP contribution in [-0.2, 0) is 14.4 Å². The molecule has 2 amide bonds. The number of Topliss-reactive ketones (excluding diaryl/α,β-unsaturated/α-hetero) is 2. The van der Waals surface area contributed by atoms with Gasteiger partial charge in [0.1, 0.15) is 0 Å². The third kappa shape index (κ3) is 6.11. The van der Waals surface area contributed by atoms with E-state index in [9.17, 15) is 19.2 Å². The molecule has 2 N–H and O–H groups in total. The van der Waals surface area contributed by atoms with E-state index in [1.807, 2.05) is 0 Å². The fraction of sp³-hybridized carbons (Fsp3) is 0.231. The van der Waals surface area contributed by atoms with Crippen LogP contribution in [0, 0.1) is 0 Å². The molecule has 0 atom stereocenters. The predicted molar refractivity (Wildman–Crippen MR) is 69.3 cm³/mol. The number of ketones is 2. The number of nitrogens with two attached hydrogens (primary N) is 1. The highest BCUT2D eigenvalue weighted by Gasteiger charge is 2.10. The lowest BCUT2D eigenvalue weighted by Gasteiger charge is -2.04. The summed E-state index contributed by atoms with van der Waals surface area (Å²) in [5.74, 6) is -2.44. The first kappa shape index (κ1) is 16.5. The Hall–Kier alpha value is -2.50. The minimum absolute atomic E-state index is 0.333. The van der Waals surface area contributed by atoms with Gasteiger partial charge in [0.25, 0.3) is 11.8 Å². The molecular weight excluding hydrogens is 248 g/mol. The highest BCUT2D eigenvalue weighted by Crippen LogP contribution is 1.98. The van der Waals surface area contributed by atoms with E-state index < -0.39 is 23.4 Å². The summed E-state index contributed by atoms with van der Waals surface area (Å²) in [4.78, 5) is 43.1. The van der Waals surface area contributed by atoms with Crippen molar-refractivity contribution in [3.8, 4) is 0 Å². The molecule has 6 heteroatoms. The Morgan fingerprint density at radius 3 is 1.74 bits per heavy atom. The van der Waals surface area contributed by atoms with E-state index in [0.717, 1.165) is 0 Å². The smallest absolute Gasteiger partial charge is 0.289 e. The second-order valence-corrected chi connectivity index (χ2v) is 3.82. The standard InChI is InChI=1S/C8H7NO2.C5H9NO2/c9-8(11)7(10)6-4-2-1-3-5-6;1-4(7)5(8)6(2)3/h1-5H,(H2,9,11);1-3H3. The molecule has 0 aliphatic rings. The van der Waals surface area contributed by atoms with Gasteiger partial charge in [0, 0.05) is 26.6 Å². The fourth-order valence-electron chi connectivity index (χ4n) is 1.05. The molecule has 0 fully saturated rings. The summed E-state index contributed by atoms with van der Waals surface area (Å²) >= 11 is 0. The van der Waals surface area contributed by atoms with Crippen LogP contribution in [0.2, 0.25) is 0 Å². The van der Waals surface area contributed by atoms with Gasteiger partial charge >= 0.3 is 0 Å². The zero-order chi connectivity index (χ0) is 15.0. The number of benzene rings is 1. The first-order chi connectivity index (χ1) is 8.77. The van der Waals surface area contributed by atoms with E-state index in [1.165, 1.54) is 11.8 Å². The molecule has 0 aliphatic heterocycles. The molecule has 0 aromatic heterocycles. The highest BCUT2D eigenvalue weighted by molar-refractivity contribution is 6.42. The van der Waals surface area contributed by atoms with Crippen molar-refractivity contribution in [3.63, 3.8) is 0 Å². The van der Waals surface area contributed by atoms with Gasteiger partial charge in [-0.05, 0) is 0 Å². The van der Waals surface area contributed by atoms with E-state index in [-0.39, 0.29) is 0 Å². The second kappa shape index (κ2) is 7.75. The topological polar surface area (TPSA) is 97.5 Å². The maximum Gasteiger partial charge on any atom is 0.289 e. The first-order valence-corrected chi connectivity index (χ1v) is 5.38. The van der Waals surface area contributed by atoms with Crippen molar-refractivity contribution >= 4 is 23.4 Å². The molecule has 1 aromatic rings. The highest BCUT2D eigenvalue weighted by atomic mass is 16.2.